The maximum atomic E-state index is 11.6. The van der Waals surface area contributed by atoms with E-state index in [0.29, 0.717) is 32.0 Å². The quantitative estimate of drug-likeness (QED) is 0.713. The number of ether oxygens (including phenoxy) is 1. The van der Waals surface area contributed by atoms with Gasteiger partial charge in [-0.1, -0.05) is 5.16 Å². The van der Waals surface area contributed by atoms with Gasteiger partial charge in [0.15, 0.2) is 0 Å². The molecule has 0 saturated carbocycles. The van der Waals surface area contributed by atoms with Crippen LogP contribution in [0.2, 0.25) is 0 Å². The van der Waals surface area contributed by atoms with Gasteiger partial charge < -0.3 is 19.5 Å². The van der Waals surface area contributed by atoms with Crippen molar-refractivity contribution in [3.8, 4) is 0 Å². The fraction of sp³-hybridized carbons (Fsp3) is 0.500. The normalized spacial score (nSPS) is 16.7. The zero-order valence-electron chi connectivity index (χ0n) is 7.60. The highest BCUT2D eigenvalue weighted by atomic mass is 16.5. The highest BCUT2D eigenvalue weighted by molar-refractivity contribution is 5.88. The number of hydrogen-bond donors (Lipinski definition) is 1. The fourth-order valence-corrected chi connectivity index (χ4v) is 1.24. The van der Waals surface area contributed by atoms with Gasteiger partial charge >= 0.3 is 6.03 Å². The van der Waals surface area contributed by atoms with Crippen LogP contribution in [0.15, 0.2) is 17.0 Å². The van der Waals surface area contributed by atoms with E-state index in [1.165, 1.54) is 12.5 Å². The molecule has 1 aliphatic heterocycles. The minimum atomic E-state index is -0.142. The molecule has 0 bridgehead atoms. The Labute approximate surface area is 80.8 Å². The topological polar surface area (TPSA) is 67.6 Å². The van der Waals surface area contributed by atoms with Crippen LogP contribution in [-0.2, 0) is 4.74 Å². The number of amides is 2. The molecule has 6 nitrogen and oxygen atoms in total. The second-order valence-corrected chi connectivity index (χ2v) is 2.94. The molecular weight excluding hydrogens is 186 g/mol. The first kappa shape index (κ1) is 9.01. The Balaban J connectivity index is 1.88. The molecule has 0 aliphatic carbocycles. The summed E-state index contributed by atoms with van der Waals surface area (Å²) in [7, 11) is 0. The van der Waals surface area contributed by atoms with Gasteiger partial charge in [-0.15, -0.1) is 0 Å². The molecule has 0 unspecified atom stereocenters. The number of hydrogen-bond acceptors (Lipinski definition) is 4. The predicted molar refractivity (Wildman–Crippen MR) is 47.9 cm³/mol. The average Bonchev–Trinajstić information content (AvgIpc) is 2.72. The van der Waals surface area contributed by atoms with Gasteiger partial charge in [0.25, 0.3) is 0 Å². The molecule has 1 aliphatic rings. The molecule has 76 valence electrons. The highest BCUT2D eigenvalue weighted by Gasteiger charge is 2.16. The Morgan fingerprint density at radius 3 is 2.93 bits per heavy atom. The standard InChI is InChI=1S/C8H11N3O3/c12-8(10-7-5-9-14-6-7)11-1-3-13-4-2-11/h5-6H,1-4H2,(H,10,12). The maximum Gasteiger partial charge on any atom is 0.322 e. The number of morpholine rings is 1. The number of urea groups is 1. The molecule has 0 aromatic carbocycles. The summed E-state index contributed by atoms with van der Waals surface area (Å²) in [6, 6.07) is -0.142. The molecule has 0 atom stereocenters. The van der Waals surface area contributed by atoms with Gasteiger partial charge in [-0.3, -0.25) is 0 Å². The number of nitrogens with one attached hydrogen (secondary N) is 1. The van der Waals surface area contributed by atoms with Gasteiger partial charge in [0, 0.05) is 13.1 Å². The van der Waals surface area contributed by atoms with Gasteiger partial charge in [-0.25, -0.2) is 4.79 Å². The smallest absolute Gasteiger partial charge is 0.322 e. The van der Waals surface area contributed by atoms with Crippen molar-refractivity contribution in [3.05, 3.63) is 12.5 Å². The number of rotatable bonds is 1. The number of carbonyl (C=O) groups excluding carboxylic acids is 1. The zero-order valence-corrected chi connectivity index (χ0v) is 7.60. The number of carbonyl (C=O) groups is 1. The van der Waals surface area contributed by atoms with Gasteiger partial charge in [-0.05, 0) is 0 Å². The van der Waals surface area contributed by atoms with Gasteiger partial charge in [0.2, 0.25) is 0 Å². The van der Waals surface area contributed by atoms with E-state index in [2.05, 4.69) is 15.0 Å². The maximum absolute atomic E-state index is 11.6. The minimum absolute atomic E-state index is 0.142. The van der Waals surface area contributed by atoms with E-state index < -0.39 is 0 Å². The summed E-state index contributed by atoms with van der Waals surface area (Å²) >= 11 is 0. The molecule has 2 heterocycles. The molecule has 0 radical (unpaired) electrons. The van der Waals surface area contributed by atoms with Gasteiger partial charge in [0.05, 0.1) is 19.4 Å². The van der Waals surface area contributed by atoms with Crippen LogP contribution >= 0.6 is 0 Å². The van der Waals surface area contributed by atoms with E-state index in [1.807, 2.05) is 0 Å². The van der Waals surface area contributed by atoms with E-state index >= 15 is 0 Å². The van der Waals surface area contributed by atoms with Crippen LogP contribution < -0.4 is 5.32 Å². The Kier molecular flexibility index (Phi) is 2.64. The molecular formula is C8H11N3O3. The lowest BCUT2D eigenvalue weighted by Gasteiger charge is -2.26. The first-order valence-corrected chi connectivity index (χ1v) is 4.39. The molecule has 1 aromatic rings. The number of nitrogens with zero attached hydrogens (tertiary/aromatic N) is 2. The second kappa shape index (κ2) is 4.10. The lowest BCUT2D eigenvalue weighted by atomic mass is 10.4. The van der Waals surface area contributed by atoms with Crippen LogP contribution in [0.25, 0.3) is 0 Å². The van der Waals surface area contributed by atoms with E-state index in [0.717, 1.165) is 0 Å². The number of aromatic nitrogens is 1. The molecule has 1 fully saturated rings. The van der Waals surface area contributed by atoms with Gasteiger partial charge in [-0.2, -0.15) is 0 Å². The largest absolute Gasteiger partial charge is 0.378 e. The van der Waals surface area contributed by atoms with Gasteiger partial charge in [0.1, 0.15) is 12.0 Å². The lowest BCUT2D eigenvalue weighted by molar-refractivity contribution is 0.0564. The van der Waals surface area contributed by atoms with Crippen LogP contribution in [0.5, 0.6) is 0 Å². The molecule has 6 heteroatoms. The first-order chi connectivity index (χ1) is 6.86. The average molecular weight is 197 g/mol. The first-order valence-electron chi connectivity index (χ1n) is 4.39. The molecule has 1 N–H and O–H groups in total. The molecule has 2 rings (SSSR count). The van der Waals surface area contributed by atoms with E-state index in [-0.39, 0.29) is 6.03 Å². The molecule has 1 aromatic heterocycles. The van der Waals surface area contributed by atoms with Crippen molar-refractivity contribution in [3.63, 3.8) is 0 Å². The van der Waals surface area contributed by atoms with E-state index in [1.54, 1.807) is 4.90 Å². The summed E-state index contributed by atoms with van der Waals surface area (Å²) in [5.74, 6) is 0. The van der Waals surface area contributed by atoms with Crippen LogP contribution in [0.1, 0.15) is 0 Å². The zero-order chi connectivity index (χ0) is 9.80. The van der Waals surface area contributed by atoms with Crippen molar-refractivity contribution in [2.45, 2.75) is 0 Å². The Morgan fingerprint density at radius 1 is 1.50 bits per heavy atom. The monoisotopic (exact) mass is 197 g/mol. The summed E-state index contributed by atoms with van der Waals surface area (Å²) in [4.78, 5) is 13.2. The van der Waals surface area contributed by atoms with Crippen molar-refractivity contribution < 1.29 is 14.1 Å². The fourth-order valence-electron chi connectivity index (χ4n) is 1.24. The Morgan fingerprint density at radius 2 is 2.29 bits per heavy atom. The van der Waals surface area contributed by atoms with Crippen molar-refractivity contribution in [1.82, 2.24) is 10.1 Å². The van der Waals surface area contributed by atoms with Crippen molar-refractivity contribution in [2.75, 3.05) is 31.6 Å². The van der Waals surface area contributed by atoms with Crippen molar-refractivity contribution >= 4 is 11.7 Å². The molecule has 0 spiro atoms. The Bertz CT molecular complexity index is 293. The summed E-state index contributed by atoms with van der Waals surface area (Å²) in [5.41, 5.74) is 0.571. The highest BCUT2D eigenvalue weighted by Crippen LogP contribution is 2.06. The molecule has 14 heavy (non-hydrogen) atoms. The minimum Gasteiger partial charge on any atom is -0.378 e. The van der Waals surface area contributed by atoms with Crippen molar-refractivity contribution in [1.29, 1.82) is 0 Å². The summed E-state index contributed by atoms with van der Waals surface area (Å²) in [6.07, 6.45) is 2.84. The molecule has 1 saturated heterocycles. The second-order valence-electron chi connectivity index (χ2n) is 2.94. The van der Waals surface area contributed by atoms with E-state index in [9.17, 15) is 4.79 Å². The third-order valence-electron chi connectivity index (χ3n) is 1.98. The summed E-state index contributed by atoms with van der Waals surface area (Å²) < 4.78 is 9.73. The third-order valence-corrected chi connectivity index (χ3v) is 1.98. The summed E-state index contributed by atoms with van der Waals surface area (Å²) in [5, 5.41) is 6.15. The third kappa shape index (κ3) is 2.02. The molecule has 2 amide bonds. The summed E-state index contributed by atoms with van der Waals surface area (Å²) in [6.45, 7) is 2.43. The van der Waals surface area contributed by atoms with Crippen LogP contribution in [-0.4, -0.2) is 42.4 Å². The lowest BCUT2D eigenvalue weighted by Crippen LogP contribution is -2.42. The number of anilines is 1. The van der Waals surface area contributed by atoms with Crippen LogP contribution in [0, 0.1) is 0 Å². The Hall–Kier alpha value is -1.56. The van der Waals surface area contributed by atoms with Crippen LogP contribution in [0.3, 0.4) is 0 Å². The predicted octanol–water partition coefficient (Wildman–Crippen LogP) is 0.539. The van der Waals surface area contributed by atoms with Crippen LogP contribution in [0.4, 0.5) is 10.5 Å². The van der Waals surface area contributed by atoms with E-state index in [4.69, 9.17) is 4.74 Å². The van der Waals surface area contributed by atoms with Crippen molar-refractivity contribution in [2.24, 2.45) is 0 Å². The SMILES string of the molecule is O=C(Nc1cnoc1)N1CCOCC1.